The van der Waals surface area contributed by atoms with Gasteiger partial charge in [0.2, 0.25) is 10.0 Å². The van der Waals surface area contributed by atoms with E-state index in [1.54, 1.807) is 10.4 Å². The van der Waals surface area contributed by atoms with Gasteiger partial charge < -0.3 is 4.74 Å². The topological polar surface area (TPSA) is 46.6 Å². The highest BCUT2D eigenvalue weighted by Gasteiger charge is 2.34. The maximum Gasteiger partial charge on any atom is 0.244 e. The number of sulfonamides is 1. The summed E-state index contributed by atoms with van der Waals surface area (Å²) in [5.41, 5.74) is 0. The van der Waals surface area contributed by atoms with E-state index in [1.165, 1.54) is 11.3 Å². The first-order valence-electron chi connectivity index (χ1n) is 6.13. The second-order valence-corrected chi connectivity index (χ2v) is 7.85. The Balaban J connectivity index is 2.38. The molecule has 0 radical (unpaired) electrons. The Bertz CT molecular complexity index is 521. The Morgan fingerprint density at radius 2 is 2.22 bits per heavy atom. The fourth-order valence-corrected chi connectivity index (χ4v) is 5.46. The van der Waals surface area contributed by atoms with E-state index in [4.69, 9.17) is 4.74 Å². The van der Waals surface area contributed by atoms with Gasteiger partial charge in [-0.3, -0.25) is 0 Å². The Labute approximate surface area is 113 Å². The van der Waals surface area contributed by atoms with E-state index in [2.05, 4.69) is 0 Å². The number of aryl methyl sites for hydroxylation is 2. The Morgan fingerprint density at radius 3 is 2.78 bits per heavy atom. The highest BCUT2D eigenvalue weighted by molar-refractivity contribution is 7.89. The molecule has 1 saturated heterocycles. The number of morpholine rings is 1. The van der Waals surface area contributed by atoms with Gasteiger partial charge in [-0.15, -0.1) is 11.3 Å². The molecule has 0 N–H and O–H groups in total. The van der Waals surface area contributed by atoms with Crippen LogP contribution in [0.2, 0.25) is 0 Å². The van der Waals surface area contributed by atoms with Crippen molar-refractivity contribution in [2.45, 2.75) is 38.1 Å². The molecular weight excluding hydrogens is 270 g/mol. The molecule has 6 heteroatoms. The van der Waals surface area contributed by atoms with Gasteiger partial charge in [-0.05, 0) is 26.3 Å². The maximum absolute atomic E-state index is 12.7. The number of ether oxygens (including phenoxy) is 1. The highest BCUT2D eigenvalue weighted by Crippen LogP contribution is 2.29. The van der Waals surface area contributed by atoms with Crippen LogP contribution in [0.3, 0.4) is 0 Å². The van der Waals surface area contributed by atoms with Gasteiger partial charge >= 0.3 is 0 Å². The van der Waals surface area contributed by atoms with E-state index < -0.39 is 10.0 Å². The molecule has 0 unspecified atom stereocenters. The van der Waals surface area contributed by atoms with Crippen LogP contribution in [0.4, 0.5) is 0 Å². The van der Waals surface area contributed by atoms with Crippen molar-refractivity contribution in [3.8, 4) is 0 Å². The fourth-order valence-electron chi connectivity index (χ4n) is 2.27. The predicted octanol–water partition coefficient (Wildman–Crippen LogP) is 2.16. The standard InChI is InChI=1S/C12H19NO3S2/c1-4-11-8-16-6-5-13(11)18(14,15)12-7-9(2)17-10(12)3/h7,11H,4-6,8H2,1-3H3/t11-/m0/s1. The van der Waals surface area contributed by atoms with Crippen LogP contribution >= 0.6 is 11.3 Å². The molecule has 102 valence electrons. The van der Waals surface area contributed by atoms with Gasteiger partial charge in [0.15, 0.2) is 0 Å². The Kier molecular flexibility index (Phi) is 4.11. The average molecular weight is 289 g/mol. The molecule has 2 rings (SSSR count). The van der Waals surface area contributed by atoms with Crippen LogP contribution < -0.4 is 0 Å². The number of nitrogens with zero attached hydrogens (tertiary/aromatic N) is 1. The maximum atomic E-state index is 12.7. The van der Waals surface area contributed by atoms with Crippen molar-refractivity contribution < 1.29 is 13.2 Å². The summed E-state index contributed by atoms with van der Waals surface area (Å²) in [5, 5.41) is 0. The van der Waals surface area contributed by atoms with Crippen LogP contribution in [0.1, 0.15) is 23.1 Å². The molecule has 1 aromatic heterocycles. The minimum atomic E-state index is -3.37. The zero-order valence-corrected chi connectivity index (χ0v) is 12.6. The molecule has 0 amide bonds. The minimum absolute atomic E-state index is 0.0386. The van der Waals surface area contributed by atoms with Crippen molar-refractivity contribution in [2.75, 3.05) is 19.8 Å². The third-order valence-electron chi connectivity index (χ3n) is 3.23. The lowest BCUT2D eigenvalue weighted by molar-refractivity contribution is 0.0314. The summed E-state index contributed by atoms with van der Waals surface area (Å²) < 4.78 is 32.3. The SMILES string of the molecule is CC[C@H]1COCCN1S(=O)(=O)c1cc(C)sc1C. The normalized spacial score (nSPS) is 22.3. The monoisotopic (exact) mass is 289 g/mol. The summed E-state index contributed by atoms with van der Waals surface area (Å²) in [4.78, 5) is 2.37. The third kappa shape index (κ3) is 2.47. The molecule has 0 saturated carbocycles. The van der Waals surface area contributed by atoms with Crippen LogP contribution in [0.25, 0.3) is 0 Å². The number of rotatable bonds is 3. The molecular formula is C12H19NO3S2. The van der Waals surface area contributed by atoms with Gasteiger partial charge in [0.25, 0.3) is 0 Å². The summed E-state index contributed by atoms with van der Waals surface area (Å²) >= 11 is 1.53. The third-order valence-corrected chi connectivity index (χ3v) is 6.40. The Morgan fingerprint density at radius 1 is 1.50 bits per heavy atom. The predicted molar refractivity (Wildman–Crippen MR) is 72.6 cm³/mol. The van der Waals surface area contributed by atoms with Crippen LogP contribution in [0, 0.1) is 13.8 Å². The first-order valence-corrected chi connectivity index (χ1v) is 8.39. The highest BCUT2D eigenvalue weighted by atomic mass is 32.2. The number of hydrogen-bond donors (Lipinski definition) is 0. The molecule has 2 heterocycles. The lowest BCUT2D eigenvalue weighted by Gasteiger charge is -2.33. The van der Waals surface area contributed by atoms with Crippen LogP contribution in [-0.4, -0.2) is 38.5 Å². The largest absolute Gasteiger partial charge is 0.378 e. The molecule has 0 aromatic carbocycles. The van der Waals surface area contributed by atoms with Crippen molar-refractivity contribution in [1.29, 1.82) is 0 Å². The lowest BCUT2D eigenvalue weighted by atomic mass is 10.2. The molecule has 1 aliphatic heterocycles. The van der Waals surface area contributed by atoms with Crippen LogP contribution in [0.15, 0.2) is 11.0 Å². The minimum Gasteiger partial charge on any atom is -0.378 e. The van der Waals surface area contributed by atoms with Gasteiger partial charge in [-0.2, -0.15) is 4.31 Å². The molecule has 0 bridgehead atoms. The summed E-state index contributed by atoms with van der Waals surface area (Å²) in [5.74, 6) is 0. The first kappa shape index (κ1) is 14.0. The second kappa shape index (κ2) is 5.28. The van der Waals surface area contributed by atoms with E-state index in [0.29, 0.717) is 24.7 Å². The van der Waals surface area contributed by atoms with Crippen LogP contribution in [-0.2, 0) is 14.8 Å². The molecule has 4 nitrogen and oxygen atoms in total. The van der Waals surface area contributed by atoms with Gasteiger partial charge in [-0.25, -0.2) is 8.42 Å². The van der Waals surface area contributed by atoms with Crippen molar-refractivity contribution in [3.05, 3.63) is 15.8 Å². The molecule has 0 aliphatic carbocycles. The molecule has 1 fully saturated rings. The zero-order chi connectivity index (χ0) is 13.3. The first-order chi connectivity index (χ1) is 8.46. The van der Waals surface area contributed by atoms with Crippen molar-refractivity contribution in [3.63, 3.8) is 0 Å². The Hall–Kier alpha value is -0.430. The van der Waals surface area contributed by atoms with E-state index >= 15 is 0 Å². The second-order valence-electron chi connectivity index (χ2n) is 4.53. The van der Waals surface area contributed by atoms with Crippen molar-refractivity contribution >= 4 is 21.4 Å². The lowest BCUT2D eigenvalue weighted by Crippen LogP contribution is -2.48. The molecule has 1 aromatic rings. The molecule has 0 spiro atoms. The number of thiophene rings is 1. The van der Waals surface area contributed by atoms with Gasteiger partial charge in [0, 0.05) is 22.3 Å². The van der Waals surface area contributed by atoms with E-state index in [0.717, 1.165) is 16.2 Å². The van der Waals surface area contributed by atoms with Crippen LogP contribution in [0.5, 0.6) is 0 Å². The van der Waals surface area contributed by atoms with Gasteiger partial charge in [0.05, 0.1) is 18.1 Å². The summed E-state index contributed by atoms with van der Waals surface area (Å²) in [6.07, 6.45) is 0.779. The summed E-state index contributed by atoms with van der Waals surface area (Å²) in [6.45, 7) is 7.23. The van der Waals surface area contributed by atoms with E-state index in [1.807, 2.05) is 20.8 Å². The van der Waals surface area contributed by atoms with Crippen molar-refractivity contribution in [2.24, 2.45) is 0 Å². The van der Waals surface area contributed by atoms with Gasteiger partial charge in [0.1, 0.15) is 0 Å². The van der Waals surface area contributed by atoms with E-state index in [-0.39, 0.29) is 6.04 Å². The smallest absolute Gasteiger partial charge is 0.244 e. The van der Waals surface area contributed by atoms with E-state index in [9.17, 15) is 8.42 Å². The number of hydrogen-bond acceptors (Lipinski definition) is 4. The summed E-state index contributed by atoms with van der Waals surface area (Å²) in [6, 6.07) is 1.74. The zero-order valence-electron chi connectivity index (χ0n) is 11.0. The fraction of sp³-hybridized carbons (Fsp3) is 0.667. The molecule has 1 aliphatic rings. The average Bonchev–Trinajstić information content (AvgIpc) is 2.69. The molecule has 18 heavy (non-hydrogen) atoms. The summed E-state index contributed by atoms with van der Waals surface area (Å²) in [7, 11) is -3.37. The molecule has 1 atom stereocenters. The quantitative estimate of drug-likeness (QED) is 0.856. The van der Waals surface area contributed by atoms with Gasteiger partial charge in [-0.1, -0.05) is 6.92 Å². The van der Waals surface area contributed by atoms with Crippen molar-refractivity contribution in [1.82, 2.24) is 4.31 Å².